The maximum absolute atomic E-state index is 13.3. The van der Waals surface area contributed by atoms with Crippen LogP contribution < -0.4 is 0 Å². The predicted octanol–water partition coefficient (Wildman–Crippen LogP) is 2.19. The zero-order valence-corrected chi connectivity index (χ0v) is 8.48. The fraction of sp³-hybridized carbons (Fsp3) is 0.100. The molecule has 5 nitrogen and oxygen atoms in total. The van der Waals surface area contributed by atoms with E-state index in [2.05, 4.69) is 10.2 Å². The lowest BCUT2D eigenvalue weighted by Gasteiger charge is -2.01. The Kier molecular flexibility index (Phi) is 2.82. The van der Waals surface area contributed by atoms with E-state index < -0.39 is 16.6 Å². The summed E-state index contributed by atoms with van der Waals surface area (Å²) < 4.78 is 26.2. The Hall–Kier alpha value is -2.31. The van der Waals surface area contributed by atoms with Crippen molar-refractivity contribution in [3.05, 3.63) is 57.4 Å². The minimum atomic E-state index is -0.629. The average molecular weight is 239 g/mol. The molecule has 1 heterocycles. The number of benzene rings is 1. The molecule has 88 valence electrons. The molecule has 0 saturated carbocycles. The first-order valence-corrected chi connectivity index (χ1v) is 4.68. The van der Waals surface area contributed by atoms with Gasteiger partial charge in [0.1, 0.15) is 23.5 Å². The third kappa shape index (κ3) is 2.27. The Morgan fingerprint density at radius 2 is 2.18 bits per heavy atom. The summed E-state index contributed by atoms with van der Waals surface area (Å²) in [6, 6.07) is 2.97. The largest absolute Gasteiger partial charge is 0.310 e. The minimum Gasteiger partial charge on any atom is -0.275 e. The number of halogens is 2. The predicted molar refractivity (Wildman–Crippen MR) is 54.4 cm³/mol. The van der Waals surface area contributed by atoms with E-state index in [1.807, 2.05) is 0 Å². The molecule has 0 saturated heterocycles. The van der Waals surface area contributed by atoms with Crippen molar-refractivity contribution in [2.45, 2.75) is 6.42 Å². The number of nitro groups is 1. The van der Waals surface area contributed by atoms with E-state index in [-0.39, 0.29) is 23.4 Å². The van der Waals surface area contributed by atoms with E-state index in [1.165, 1.54) is 0 Å². The zero-order valence-electron chi connectivity index (χ0n) is 8.48. The van der Waals surface area contributed by atoms with Crippen molar-refractivity contribution in [2.24, 2.45) is 0 Å². The molecule has 1 N–H and O–H groups in total. The highest BCUT2D eigenvalue weighted by Gasteiger charge is 2.17. The summed E-state index contributed by atoms with van der Waals surface area (Å²) in [5.74, 6) is -1.21. The number of nitrogens with one attached hydrogen (secondary N) is 1. The van der Waals surface area contributed by atoms with Crippen molar-refractivity contribution >= 4 is 5.69 Å². The highest BCUT2D eigenvalue weighted by Crippen LogP contribution is 2.20. The van der Waals surface area contributed by atoms with Crippen LogP contribution in [0.1, 0.15) is 11.3 Å². The van der Waals surface area contributed by atoms with Crippen LogP contribution in [0.5, 0.6) is 0 Å². The van der Waals surface area contributed by atoms with Gasteiger partial charge in [0, 0.05) is 6.42 Å². The molecule has 0 fully saturated rings. The number of H-pyrrole nitrogens is 1. The molecule has 0 radical (unpaired) electrons. The smallest absolute Gasteiger partial charge is 0.275 e. The van der Waals surface area contributed by atoms with Crippen LogP contribution in [0.2, 0.25) is 0 Å². The number of hydrogen-bond donors (Lipinski definition) is 1. The summed E-state index contributed by atoms with van der Waals surface area (Å²) in [6.07, 6.45) is 0.923. The van der Waals surface area contributed by atoms with Gasteiger partial charge in [-0.3, -0.25) is 15.2 Å². The maximum Gasteiger partial charge on any atom is 0.310 e. The molecule has 0 aliphatic rings. The number of aromatic amines is 1. The molecule has 17 heavy (non-hydrogen) atoms. The molecule has 1 aromatic heterocycles. The van der Waals surface area contributed by atoms with Gasteiger partial charge in [-0.25, -0.2) is 8.78 Å². The van der Waals surface area contributed by atoms with Crippen LogP contribution in [0.4, 0.5) is 14.5 Å². The summed E-state index contributed by atoms with van der Waals surface area (Å²) in [4.78, 5) is 9.97. The van der Waals surface area contributed by atoms with E-state index in [4.69, 9.17) is 0 Å². The number of rotatable bonds is 3. The van der Waals surface area contributed by atoms with Crippen molar-refractivity contribution in [1.29, 1.82) is 0 Å². The highest BCUT2D eigenvalue weighted by atomic mass is 19.1. The van der Waals surface area contributed by atoms with Crippen molar-refractivity contribution in [3.63, 3.8) is 0 Å². The minimum absolute atomic E-state index is 0.0392. The molecule has 7 heteroatoms. The van der Waals surface area contributed by atoms with Gasteiger partial charge >= 0.3 is 5.69 Å². The van der Waals surface area contributed by atoms with E-state index in [1.54, 1.807) is 0 Å². The molecular weight excluding hydrogens is 232 g/mol. The monoisotopic (exact) mass is 239 g/mol. The van der Waals surface area contributed by atoms with Gasteiger partial charge in [-0.1, -0.05) is 0 Å². The molecular formula is C10H7F2N3O2. The fourth-order valence-corrected chi connectivity index (χ4v) is 1.46. The Bertz CT molecular complexity index is 568. The van der Waals surface area contributed by atoms with Crippen molar-refractivity contribution in [1.82, 2.24) is 10.2 Å². The Balaban J connectivity index is 2.34. The fourth-order valence-electron chi connectivity index (χ4n) is 1.46. The quantitative estimate of drug-likeness (QED) is 0.659. The molecule has 1 aromatic carbocycles. The van der Waals surface area contributed by atoms with E-state index >= 15 is 0 Å². The SMILES string of the molecule is O=[N+]([O-])c1cn[nH]c1Cc1cc(F)ccc1F. The van der Waals surface area contributed by atoms with Crippen LogP contribution >= 0.6 is 0 Å². The third-order valence-corrected chi connectivity index (χ3v) is 2.27. The van der Waals surface area contributed by atoms with Gasteiger partial charge in [-0.05, 0) is 23.8 Å². The van der Waals surface area contributed by atoms with Crippen molar-refractivity contribution < 1.29 is 13.7 Å². The molecule has 0 spiro atoms. The lowest BCUT2D eigenvalue weighted by molar-refractivity contribution is -0.385. The Morgan fingerprint density at radius 3 is 2.88 bits per heavy atom. The zero-order chi connectivity index (χ0) is 12.4. The molecule has 2 rings (SSSR count). The number of aromatic nitrogens is 2. The summed E-state index contributed by atoms with van der Waals surface area (Å²) in [7, 11) is 0. The third-order valence-electron chi connectivity index (χ3n) is 2.27. The van der Waals surface area contributed by atoms with Crippen LogP contribution in [-0.2, 0) is 6.42 Å². The maximum atomic E-state index is 13.3. The number of hydrogen-bond acceptors (Lipinski definition) is 3. The van der Waals surface area contributed by atoms with Gasteiger partial charge in [0.2, 0.25) is 0 Å². The van der Waals surface area contributed by atoms with Gasteiger partial charge < -0.3 is 0 Å². The van der Waals surface area contributed by atoms with E-state index in [0.717, 1.165) is 24.4 Å². The average Bonchev–Trinajstić information content (AvgIpc) is 2.71. The molecule has 0 amide bonds. The molecule has 0 aliphatic heterocycles. The van der Waals surface area contributed by atoms with E-state index in [9.17, 15) is 18.9 Å². The normalized spacial score (nSPS) is 10.5. The first kappa shape index (κ1) is 11.2. The van der Waals surface area contributed by atoms with Gasteiger partial charge in [0.25, 0.3) is 0 Å². The van der Waals surface area contributed by atoms with Gasteiger partial charge in [-0.15, -0.1) is 0 Å². The van der Waals surface area contributed by atoms with Crippen molar-refractivity contribution in [2.75, 3.05) is 0 Å². The highest BCUT2D eigenvalue weighted by molar-refractivity contribution is 5.36. The standard InChI is InChI=1S/C10H7F2N3O2/c11-7-1-2-8(12)6(3-7)4-9-10(15(16)17)5-13-14-9/h1-3,5H,4H2,(H,13,14). The Labute approximate surface area is 94.2 Å². The topological polar surface area (TPSA) is 71.8 Å². The lowest BCUT2D eigenvalue weighted by Crippen LogP contribution is -1.98. The second-order valence-electron chi connectivity index (χ2n) is 3.40. The molecule has 2 aromatic rings. The van der Waals surface area contributed by atoms with Crippen LogP contribution in [-0.4, -0.2) is 15.1 Å². The van der Waals surface area contributed by atoms with Crippen molar-refractivity contribution in [3.8, 4) is 0 Å². The first-order chi connectivity index (χ1) is 8.08. The second kappa shape index (κ2) is 4.28. The van der Waals surface area contributed by atoms with E-state index in [0.29, 0.717) is 0 Å². The summed E-state index contributed by atoms with van der Waals surface area (Å²) in [5.41, 5.74) is -0.0643. The van der Waals surface area contributed by atoms with Gasteiger partial charge in [0.15, 0.2) is 0 Å². The molecule has 0 atom stereocenters. The summed E-state index contributed by atoms with van der Waals surface area (Å²) >= 11 is 0. The Morgan fingerprint density at radius 1 is 1.41 bits per heavy atom. The van der Waals surface area contributed by atoms with Crippen LogP contribution in [0.25, 0.3) is 0 Å². The second-order valence-corrected chi connectivity index (χ2v) is 3.40. The lowest BCUT2D eigenvalue weighted by atomic mass is 10.1. The van der Waals surface area contributed by atoms with Crippen LogP contribution in [0, 0.1) is 21.7 Å². The van der Waals surface area contributed by atoms with Gasteiger partial charge in [0.05, 0.1) is 4.92 Å². The first-order valence-electron chi connectivity index (χ1n) is 4.68. The van der Waals surface area contributed by atoms with Crippen LogP contribution in [0.15, 0.2) is 24.4 Å². The summed E-state index contributed by atoms with van der Waals surface area (Å²) in [5, 5.41) is 16.5. The molecule has 0 aliphatic carbocycles. The van der Waals surface area contributed by atoms with Crippen LogP contribution in [0.3, 0.4) is 0 Å². The van der Waals surface area contributed by atoms with Gasteiger partial charge in [-0.2, -0.15) is 5.10 Å². The summed E-state index contributed by atoms with van der Waals surface area (Å²) in [6.45, 7) is 0. The number of nitrogens with zero attached hydrogens (tertiary/aromatic N) is 2. The molecule has 0 bridgehead atoms. The molecule has 0 unspecified atom stereocenters.